The van der Waals surface area contributed by atoms with Crippen LogP contribution in [0.25, 0.3) is 0 Å². The van der Waals surface area contributed by atoms with Crippen molar-refractivity contribution in [3.05, 3.63) is 27.7 Å². The number of carboxylic acids is 1. The highest BCUT2D eigenvalue weighted by atomic mass is 79.9. The molecule has 0 amide bonds. The van der Waals surface area contributed by atoms with Crippen LogP contribution in [0.3, 0.4) is 0 Å². The minimum atomic E-state index is -0.827. The number of halogens is 1. The summed E-state index contributed by atoms with van der Waals surface area (Å²) in [5, 5.41) is 17.9. The maximum atomic E-state index is 10.4. The van der Waals surface area contributed by atoms with Crippen LogP contribution < -0.4 is 0 Å². The molecule has 0 aliphatic carbocycles. The highest BCUT2D eigenvalue weighted by molar-refractivity contribution is 9.10. The molecule has 1 aromatic rings. The zero-order chi connectivity index (χ0) is 10.7. The monoisotopic (exact) mass is 258 g/mol. The molecule has 0 saturated carbocycles. The van der Waals surface area contributed by atoms with Gasteiger partial charge in [0.25, 0.3) is 0 Å². The maximum Gasteiger partial charge on any atom is 0.303 e. The zero-order valence-electron chi connectivity index (χ0n) is 7.75. The van der Waals surface area contributed by atoms with Gasteiger partial charge in [-0.15, -0.1) is 0 Å². The van der Waals surface area contributed by atoms with Crippen LogP contribution in [0.4, 0.5) is 0 Å². The van der Waals surface area contributed by atoms with Gasteiger partial charge in [-0.05, 0) is 52.5 Å². The molecule has 4 heteroatoms. The summed E-state index contributed by atoms with van der Waals surface area (Å²) in [4.78, 5) is 10.4. The fraction of sp³-hybridized carbons (Fsp3) is 0.300. The number of hydrogen-bond acceptors (Lipinski definition) is 2. The Morgan fingerprint density at radius 3 is 2.71 bits per heavy atom. The van der Waals surface area contributed by atoms with Crippen LogP contribution in [0, 0.1) is 6.92 Å². The van der Waals surface area contributed by atoms with Crippen LogP contribution in [0.15, 0.2) is 16.6 Å². The Hall–Kier alpha value is -1.03. The maximum absolute atomic E-state index is 10.4. The Bertz CT molecular complexity index is 361. The van der Waals surface area contributed by atoms with Crippen molar-refractivity contribution in [2.45, 2.75) is 19.8 Å². The number of aryl methyl sites for hydroxylation is 2. The number of hydrogen-bond donors (Lipinski definition) is 2. The predicted molar refractivity (Wildman–Crippen MR) is 56.5 cm³/mol. The van der Waals surface area contributed by atoms with Gasteiger partial charge in [-0.3, -0.25) is 4.79 Å². The summed E-state index contributed by atoms with van der Waals surface area (Å²) in [5.74, 6) is -0.678. The number of phenols is 1. The van der Waals surface area contributed by atoms with Gasteiger partial charge in [0.1, 0.15) is 5.75 Å². The van der Waals surface area contributed by atoms with Crippen molar-refractivity contribution >= 4 is 21.9 Å². The molecule has 76 valence electrons. The number of benzene rings is 1. The molecule has 0 aromatic heterocycles. The third-order valence-electron chi connectivity index (χ3n) is 2.01. The summed E-state index contributed by atoms with van der Waals surface area (Å²) in [6, 6.07) is 3.38. The molecule has 3 nitrogen and oxygen atoms in total. The fourth-order valence-corrected chi connectivity index (χ4v) is 1.67. The van der Waals surface area contributed by atoms with E-state index in [2.05, 4.69) is 15.9 Å². The third kappa shape index (κ3) is 2.73. The van der Waals surface area contributed by atoms with Crippen LogP contribution >= 0.6 is 15.9 Å². The van der Waals surface area contributed by atoms with E-state index < -0.39 is 5.97 Å². The Morgan fingerprint density at radius 2 is 2.14 bits per heavy atom. The van der Waals surface area contributed by atoms with Gasteiger partial charge in [0.2, 0.25) is 0 Å². The van der Waals surface area contributed by atoms with Gasteiger partial charge in [-0.2, -0.15) is 0 Å². The summed E-state index contributed by atoms with van der Waals surface area (Å²) in [6.07, 6.45) is 0.532. The average molecular weight is 259 g/mol. The van der Waals surface area contributed by atoms with Gasteiger partial charge >= 0.3 is 5.97 Å². The molecule has 0 spiro atoms. The molecule has 1 aromatic carbocycles. The SMILES string of the molecule is Cc1cc(Br)c(O)cc1CCC(=O)O. The van der Waals surface area contributed by atoms with Gasteiger partial charge in [0.15, 0.2) is 0 Å². The number of phenolic OH excluding ortho intramolecular Hbond substituents is 1. The Labute approximate surface area is 90.5 Å². The van der Waals surface area contributed by atoms with E-state index in [1.807, 2.05) is 6.92 Å². The lowest BCUT2D eigenvalue weighted by Gasteiger charge is -2.06. The number of aliphatic carboxylic acids is 1. The van der Waals surface area contributed by atoms with Gasteiger partial charge in [-0.25, -0.2) is 0 Å². The molecule has 0 aliphatic heterocycles. The van der Waals surface area contributed by atoms with Gasteiger partial charge in [0, 0.05) is 6.42 Å². The van der Waals surface area contributed by atoms with Crippen LogP contribution in [0.5, 0.6) is 5.75 Å². The van der Waals surface area contributed by atoms with Crippen molar-refractivity contribution in [1.29, 1.82) is 0 Å². The largest absolute Gasteiger partial charge is 0.507 e. The summed E-state index contributed by atoms with van der Waals surface area (Å²) in [6.45, 7) is 1.89. The summed E-state index contributed by atoms with van der Waals surface area (Å²) >= 11 is 3.19. The molecule has 0 heterocycles. The first kappa shape index (κ1) is 11.0. The normalized spacial score (nSPS) is 10.1. The first-order valence-corrected chi connectivity index (χ1v) is 5.00. The fourth-order valence-electron chi connectivity index (χ4n) is 1.22. The Kier molecular flexibility index (Phi) is 3.52. The lowest BCUT2D eigenvalue weighted by Crippen LogP contribution is -1.99. The van der Waals surface area contributed by atoms with Crippen molar-refractivity contribution in [2.24, 2.45) is 0 Å². The van der Waals surface area contributed by atoms with E-state index in [-0.39, 0.29) is 12.2 Å². The number of rotatable bonds is 3. The molecular formula is C10H11BrO3. The molecule has 0 aliphatic rings. The van der Waals surface area contributed by atoms with E-state index in [0.29, 0.717) is 10.9 Å². The Morgan fingerprint density at radius 1 is 1.50 bits per heavy atom. The standard InChI is InChI=1S/C10H11BrO3/c1-6-4-8(11)9(12)5-7(6)2-3-10(13)14/h4-5,12H,2-3H2,1H3,(H,13,14). The molecule has 14 heavy (non-hydrogen) atoms. The third-order valence-corrected chi connectivity index (χ3v) is 2.65. The van der Waals surface area contributed by atoms with Gasteiger partial charge in [0.05, 0.1) is 4.47 Å². The van der Waals surface area contributed by atoms with Crippen LogP contribution in [-0.4, -0.2) is 16.2 Å². The zero-order valence-corrected chi connectivity index (χ0v) is 9.34. The second-order valence-corrected chi connectivity index (χ2v) is 3.98. The van der Waals surface area contributed by atoms with Crippen molar-refractivity contribution in [2.75, 3.05) is 0 Å². The summed E-state index contributed by atoms with van der Waals surface area (Å²) < 4.78 is 0.633. The minimum absolute atomic E-state index is 0.0852. The predicted octanol–water partition coefficient (Wildman–Crippen LogP) is 2.48. The van der Waals surface area contributed by atoms with Crippen LogP contribution in [0.1, 0.15) is 17.5 Å². The second-order valence-electron chi connectivity index (χ2n) is 3.12. The quantitative estimate of drug-likeness (QED) is 0.876. The average Bonchev–Trinajstić information content (AvgIpc) is 2.09. The van der Waals surface area contributed by atoms with Crippen molar-refractivity contribution in [3.8, 4) is 5.75 Å². The molecule has 1 rings (SSSR count). The molecule has 2 N–H and O–H groups in total. The molecule has 0 fully saturated rings. The molecule has 0 atom stereocenters. The van der Waals surface area contributed by atoms with E-state index in [9.17, 15) is 9.90 Å². The van der Waals surface area contributed by atoms with Crippen molar-refractivity contribution in [3.63, 3.8) is 0 Å². The molecule has 0 unspecified atom stereocenters. The van der Waals surface area contributed by atoms with Crippen molar-refractivity contribution < 1.29 is 15.0 Å². The smallest absolute Gasteiger partial charge is 0.303 e. The summed E-state index contributed by atoms with van der Waals surface area (Å²) in [7, 11) is 0. The highest BCUT2D eigenvalue weighted by Crippen LogP contribution is 2.27. The minimum Gasteiger partial charge on any atom is -0.507 e. The number of carbonyl (C=O) groups is 1. The Balaban J connectivity index is 2.87. The van der Waals surface area contributed by atoms with Crippen LogP contribution in [-0.2, 0) is 11.2 Å². The first-order valence-electron chi connectivity index (χ1n) is 4.20. The van der Waals surface area contributed by atoms with Crippen LogP contribution in [0.2, 0.25) is 0 Å². The second kappa shape index (κ2) is 4.46. The number of carboxylic acid groups (broad SMARTS) is 1. The summed E-state index contributed by atoms with van der Waals surface area (Å²) in [5.41, 5.74) is 1.85. The van der Waals surface area contributed by atoms with Gasteiger partial charge < -0.3 is 10.2 Å². The molecule has 0 radical (unpaired) electrons. The molecule has 0 saturated heterocycles. The number of aromatic hydroxyl groups is 1. The molecule has 0 bridgehead atoms. The van der Waals surface area contributed by atoms with E-state index in [0.717, 1.165) is 11.1 Å². The highest BCUT2D eigenvalue weighted by Gasteiger charge is 2.06. The van der Waals surface area contributed by atoms with Gasteiger partial charge in [-0.1, -0.05) is 0 Å². The lowest BCUT2D eigenvalue weighted by atomic mass is 10.0. The van der Waals surface area contributed by atoms with E-state index in [1.54, 1.807) is 12.1 Å². The van der Waals surface area contributed by atoms with E-state index in [4.69, 9.17) is 5.11 Å². The topological polar surface area (TPSA) is 57.5 Å². The van der Waals surface area contributed by atoms with E-state index >= 15 is 0 Å². The van der Waals surface area contributed by atoms with Crippen molar-refractivity contribution in [1.82, 2.24) is 0 Å². The van der Waals surface area contributed by atoms with E-state index in [1.165, 1.54) is 0 Å². The molecular weight excluding hydrogens is 248 g/mol. The lowest BCUT2D eigenvalue weighted by molar-refractivity contribution is -0.136. The first-order chi connectivity index (χ1) is 6.50.